The van der Waals surface area contributed by atoms with E-state index in [0.29, 0.717) is 9.08 Å². The fourth-order valence-electron chi connectivity index (χ4n) is 1.58. The molecule has 0 aliphatic heterocycles. The molecule has 21 heavy (non-hydrogen) atoms. The van der Waals surface area contributed by atoms with Crippen LogP contribution in [0.2, 0.25) is 0 Å². The summed E-state index contributed by atoms with van der Waals surface area (Å²) in [5, 5.41) is 8.87. The van der Waals surface area contributed by atoms with Crippen LogP contribution in [-0.4, -0.2) is 22.7 Å². The van der Waals surface area contributed by atoms with Gasteiger partial charge in [-0.3, -0.25) is 9.89 Å². The van der Waals surface area contributed by atoms with Gasteiger partial charge in [0.2, 0.25) is 0 Å². The number of amides is 1. The highest BCUT2D eigenvalue weighted by molar-refractivity contribution is 9.13. The zero-order valence-electron chi connectivity index (χ0n) is 10.6. The van der Waals surface area contributed by atoms with E-state index in [1.54, 1.807) is 13.0 Å². The quantitative estimate of drug-likeness (QED) is 0.776. The smallest absolute Gasteiger partial charge is 0.387 e. The fraction of sp³-hybridized carbons (Fsp3) is 0.167. The van der Waals surface area contributed by atoms with Gasteiger partial charge in [-0.15, -0.1) is 0 Å². The standard InChI is InChI=1S/C12H9Br2F2N3O2/c1-5-2-3-7(21-12(15)16)6(4-5)17-11(20)9-8(13)10(14)19-18-9/h2-4,12H,1H3,(H,17,20)(H,18,19). The van der Waals surface area contributed by atoms with Crippen LogP contribution in [0.25, 0.3) is 0 Å². The van der Waals surface area contributed by atoms with Gasteiger partial charge in [-0.05, 0) is 56.5 Å². The van der Waals surface area contributed by atoms with Gasteiger partial charge in [0.05, 0.1) is 10.2 Å². The van der Waals surface area contributed by atoms with Gasteiger partial charge in [-0.1, -0.05) is 6.07 Å². The van der Waals surface area contributed by atoms with E-state index in [0.717, 1.165) is 5.56 Å². The first-order valence-corrected chi connectivity index (χ1v) is 7.23. The zero-order valence-corrected chi connectivity index (χ0v) is 13.8. The lowest BCUT2D eigenvalue weighted by molar-refractivity contribution is -0.0493. The summed E-state index contributed by atoms with van der Waals surface area (Å²) in [6.07, 6.45) is 0. The minimum Gasteiger partial charge on any atom is -0.433 e. The highest BCUT2D eigenvalue weighted by atomic mass is 79.9. The molecule has 1 heterocycles. The van der Waals surface area contributed by atoms with Gasteiger partial charge < -0.3 is 10.1 Å². The molecule has 2 rings (SSSR count). The third-order valence-electron chi connectivity index (χ3n) is 2.48. The Morgan fingerprint density at radius 3 is 2.71 bits per heavy atom. The van der Waals surface area contributed by atoms with Crippen LogP contribution in [0.5, 0.6) is 5.75 Å². The number of aromatic amines is 1. The maximum Gasteiger partial charge on any atom is 0.387 e. The SMILES string of the molecule is Cc1ccc(OC(F)F)c(NC(=O)c2n[nH]c(Br)c2Br)c1. The Morgan fingerprint density at radius 1 is 1.43 bits per heavy atom. The van der Waals surface area contributed by atoms with Gasteiger partial charge in [0.25, 0.3) is 5.91 Å². The van der Waals surface area contributed by atoms with Crippen molar-refractivity contribution in [1.82, 2.24) is 10.2 Å². The van der Waals surface area contributed by atoms with Crippen molar-refractivity contribution in [2.45, 2.75) is 13.5 Å². The Hall–Kier alpha value is -1.48. The Labute approximate surface area is 135 Å². The molecule has 0 saturated carbocycles. The molecule has 0 saturated heterocycles. The molecular weight excluding hydrogens is 416 g/mol. The fourth-order valence-corrected chi connectivity index (χ4v) is 2.21. The summed E-state index contributed by atoms with van der Waals surface area (Å²) >= 11 is 6.34. The molecular formula is C12H9Br2F2N3O2. The minimum atomic E-state index is -2.98. The van der Waals surface area contributed by atoms with Crippen LogP contribution in [0.15, 0.2) is 27.3 Å². The second-order valence-electron chi connectivity index (χ2n) is 4.03. The van der Waals surface area contributed by atoms with Gasteiger partial charge >= 0.3 is 6.61 Å². The van der Waals surface area contributed by atoms with Gasteiger partial charge in [-0.2, -0.15) is 13.9 Å². The number of aryl methyl sites for hydroxylation is 1. The molecule has 9 heteroatoms. The third-order valence-corrected chi connectivity index (χ3v) is 4.36. The Kier molecular flexibility index (Phi) is 4.94. The van der Waals surface area contributed by atoms with Gasteiger partial charge in [0, 0.05) is 0 Å². The van der Waals surface area contributed by atoms with Crippen molar-refractivity contribution in [3.63, 3.8) is 0 Å². The summed E-state index contributed by atoms with van der Waals surface area (Å²) in [5.41, 5.74) is 1.02. The first-order chi connectivity index (χ1) is 9.88. The van der Waals surface area contributed by atoms with Crippen LogP contribution in [0, 0.1) is 6.92 Å². The zero-order chi connectivity index (χ0) is 15.6. The molecule has 0 aliphatic rings. The lowest BCUT2D eigenvalue weighted by Crippen LogP contribution is -2.15. The number of rotatable bonds is 4. The second kappa shape index (κ2) is 6.52. The van der Waals surface area contributed by atoms with Crippen molar-refractivity contribution < 1.29 is 18.3 Å². The Bertz CT molecular complexity index is 677. The first-order valence-electron chi connectivity index (χ1n) is 5.64. The number of alkyl halides is 2. The molecule has 0 spiro atoms. The summed E-state index contributed by atoms with van der Waals surface area (Å²) in [7, 11) is 0. The lowest BCUT2D eigenvalue weighted by atomic mass is 10.2. The van der Waals surface area contributed by atoms with E-state index in [2.05, 4.69) is 52.1 Å². The molecule has 0 atom stereocenters. The van der Waals surface area contributed by atoms with Gasteiger partial charge in [0.1, 0.15) is 10.4 Å². The Balaban J connectivity index is 2.28. The summed E-state index contributed by atoms with van der Waals surface area (Å²) in [6.45, 7) is -1.21. The average molecular weight is 425 g/mol. The molecule has 5 nitrogen and oxygen atoms in total. The molecule has 112 valence electrons. The first kappa shape index (κ1) is 15.9. The second-order valence-corrected chi connectivity index (χ2v) is 5.62. The summed E-state index contributed by atoms with van der Waals surface area (Å²) in [4.78, 5) is 12.1. The molecule has 2 aromatic rings. The van der Waals surface area contributed by atoms with Crippen LogP contribution in [0.4, 0.5) is 14.5 Å². The van der Waals surface area contributed by atoms with Crippen molar-refractivity contribution in [2.24, 2.45) is 0 Å². The number of H-pyrrole nitrogens is 1. The molecule has 0 radical (unpaired) electrons. The predicted octanol–water partition coefficient (Wildman–Crippen LogP) is 4.10. The number of hydrogen-bond acceptors (Lipinski definition) is 3. The number of benzene rings is 1. The third kappa shape index (κ3) is 3.79. The van der Waals surface area contributed by atoms with Crippen LogP contribution in [0.3, 0.4) is 0 Å². The highest BCUT2D eigenvalue weighted by Crippen LogP contribution is 2.29. The molecule has 1 aromatic carbocycles. The van der Waals surface area contributed by atoms with E-state index < -0.39 is 12.5 Å². The van der Waals surface area contributed by atoms with E-state index in [-0.39, 0.29) is 17.1 Å². The van der Waals surface area contributed by atoms with Crippen molar-refractivity contribution in [3.05, 3.63) is 38.5 Å². The van der Waals surface area contributed by atoms with E-state index in [4.69, 9.17) is 0 Å². The van der Waals surface area contributed by atoms with E-state index >= 15 is 0 Å². The number of nitrogens with zero attached hydrogens (tertiary/aromatic N) is 1. The maximum absolute atomic E-state index is 12.4. The average Bonchev–Trinajstić information content (AvgIpc) is 2.73. The summed E-state index contributed by atoms with van der Waals surface area (Å²) in [5.74, 6) is -0.678. The van der Waals surface area contributed by atoms with Gasteiger partial charge in [-0.25, -0.2) is 0 Å². The van der Waals surface area contributed by atoms with Crippen LogP contribution in [0.1, 0.15) is 16.1 Å². The van der Waals surface area contributed by atoms with E-state index in [9.17, 15) is 13.6 Å². The number of hydrogen-bond donors (Lipinski definition) is 2. The van der Waals surface area contributed by atoms with Crippen molar-refractivity contribution >= 4 is 43.5 Å². The topological polar surface area (TPSA) is 67.0 Å². The molecule has 0 fully saturated rings. The molecule has 0 bridgehead atoms. The molecule has 1 amide bonds. The number of halogens is 4. The molecule has 1 aromatic heterocycles. The number of carbonyl (C=O) groups is 1. The summed E-state index contributed by atoms with van der Waals surface area (Å²) < 4.78 is 30.0. The normalized spacial score (nSPS) is 10.8. The summed E-state index contributed by atoms with van der Waals surface area (Å²) in [6, 6.07) is 4.51. The number of nitrogens with one attached hydrogen (secondary N) is 2. The predicted molar refractivity (Wildman–Crippen MR) is 79.8 cm³/mol. The molecule has 0 unspecified atom stereocenters. The number of ether oxygens (including phenoxy) is 1. The van der Waals surface area contributed by atoms with Crippen molar-refractivity contribution in [1.29, 1.82) is 0 Å². The van der Waals surface area contributed by atoms with Crippen LogP contribution < -0.4 is 10.1 Å². The number of carbonyl (C=O) groups excluding carboxylic acids is 1. The minimum absolute atomic E-state index is 0.0892. The van der Waals surface area contributed by atoms with Crippen molar-refractivity contribution in [3.8, 4) is 5.75 Å². The van der Waals surface area contributed by atoms with Crippen molar-refractivity contribution in [2.75, 3.05) is 5.32 Å². The van der Waals surface area contributed by atoms with Crippen LogP contribution in [-0.2, 0) is 0 Å². The monoisotopic (exact) mass is 423 g/mol. The number of aromatic nitrogens is 2. The molecule has 2 N–H and O–H groups in total. The van der Waals surface area contributed by atoms with E-state index in [1.165, 1.54) is 12.1 Å². The molecule has 0 aliphatic carbocycles. The number of anilines is 1. The maximum atomic E-state index is 12.4. The Morgan fingerprint density at radius 2 is 2.14 bits per heavy atom. The van der Waals surface area contributed by atoms with Gasteiger partial charge in [0.15, 0.2) is 5.69 Å². The highest BCUT2D eigenvalue weighted by Gasteiger charge is 2.19. The van der Waals surface area contributed by atoms with Crippen LogP contribution >= 0.6 is 31.9 Å². The van der Waals surface area contributed by atoms with E-state index in [1.807, 2.05) is 0 Å². The largest absolute Gasteiger partial charge is 0.433 e. The lowest BCUT2D eigenvalue weighted by Gasteiger charge is -2.12.